The molecular formula is C20H20N4O2. The van der Waals surface area contributed by atoms with Crippen LogP contribution in [-0.4, -0.2) is 31.0 Å². The van der Waals surface area contributed by atoms with Crippen molar-refractivity contribution in [2.24, 2.45) is 0 Å². The van der Waals surface area contributed by atoms with Crippen molar-refractivity contribution in [3.63, 3.8) is 0 Å². The van der Waals surface area contributed by atoms with Crippen LogP contribution in [0.15, 0.2) is 59.8 Å². The number of aromatic nitrogens is 3. The topological polar surface area (TPSA) is 60.1 Å². The van der Waals surface area contributed by atoms with E-state index in [1.165, 1.54) is 0 Å². The van der Waals surface area contributed by atoms with E-state index in [9.17, 15) is 9.59 Å². The van der Waals surface area contributed by atoms with E-state index in [0.29, 0.717) is 24.5 Å². The highest BCUT2D eigenvalue weighted by molar-refractivity contribution is 5.93. The van der Waals surface area contributed by atoms with Gasteiger partial charge < -0.3 is 14.0 Å². The van der Waals surface area contributed by atoms with E-state index in [4.69, 9.17) is 0 Å². The van der Waals surface area contributed by atoms with Crippen LogP contribution in [0.3, 0.4) is 0 Å². The van der Waals surface area contributed by atoms with Crippen molar-refractivity contribution in [1.82, 2.24) is 19.0 Å². The van der Waals surface area contributed by atoms with Crippen LogP contribution in [0.5, 0.6) is 0 Å². The summed E-state index contributed by atoms with van der Waals surface area (Å²) >= 11 is 0. The van der Waals surface area contributed by atoms with Crippen LogP contribution in [0.4, 0.5) is 0 Å². The van der Waals surface area contributed by atoms with E-state index in [1.54, 1.807) is 33.8 Å². The maximum Gasteiger partial charge on any atom is 0.275 e. The first-order valence-corrected chi connectivity index (χ1v) is 8.64. The minimum absolute atomic E-state index is 0.0623. The third kappa shape index (κ3) is 2.73. The Hall–Kier alpha value is -3.15. The van der Waals surface area contributed by atoms with Gasteiger partial charge in [-0.2, -0.15) is 0 Å². The first-order chi connectivity index (χ1) is 12.5. The predicted octanol–water partition coefficient (Wildman–Crippen LogP) is 2.39. The third-order valence-electron chi connectivity index (χ3n) is 4.80. The fraction of sp³-hybridized carbons (Fsp3) is 0.250. The second-order valence-corrected chi connectivity index (χ2v) is 6.71. The van der Waals surface area contributed by atoms with Gasteiger partial charge in [0.25, 0.3) is 11.5 Å². The molecule has 4 rings (SSSR count). The number of pyridine rings is 1. The molecule has 1 amide bonds. The van der Waals surface area contributed by atoms with Crippen LogP contribution in [0.1, 0.15) is 28.7 Å². The Morgan fingerprint density at radius 2 is 1.88 bits per heavy atom. The molecule has 0 radical (unpaired) electrons. The third-order valence-corrected chi connectivity index (χ3v) is 4.80. The average Bonchev–Trinajstić information content (AvgIpc) is 3.06. The van der Waals surface area contributed by atoms with Crippen molar-refractivity contribution in [2.75, 3.05) is 0 Å². The quantitative estimate of drug-likeness (QED) is 0.730. The number of aryl methyl sites for hydroxylation is 1. The van der Waals surface area contributed by atoms with E-state index < -0.39 is 0 Å². The van der Waals surface area contributed by atoms with Crippen molar-refractivity contribution >= 4 is 5.91 Å². The number of benzene rings is 1. The number of imidazole rings is 1. The lowest BCUT2D eigenvalue weighted by Gasteiger charge is -2.35. The fourth-order valence-corrected chi connectivity index (χ4v) is 3.40. The van der Waals surface area contributed by atoms with Crippen molar-refractivity contribution < 1.29 is 4.79 Å². The molecule has 0 aliphatic carbocycles. The number of hydrogen-bond donors (Lipinski definition) is 0. The molecule has 0 N–H and O–H groups in total. The van der Waals surface area contributed by atoms with Crippen molar-refractivity contribution in [3.05, 3.63) is 82.3 Å². The first-order valence-electron chi connectivity index (χ1n) is 8.64. The molecule has 0 saturated carbocycles. The maximum absolute atomic E-state index is 13.0. The van der Waals surface area contributed by atoms with Gasteiger partial charge in [-0.15, -0.1) is 0 Å². The van der Waals surface area contributed by atoms with E-state index in [0.717, 1.165) is 11.3 Å². The van der Waals surface area contributed by atoms with Crippen LogP contribution < -0.4 is 5.56 Å². The largest absolute Gasteiger partial charge is 0.329 e. The summed E-state index contributed by atoms with van der Waals surface area (Å²) in [5, 5.41) is 0. The summed E-state index contributed by atoms with van der Waals surface area (Å²) in [4.78, 5) is 31.9. The molecule has 1 aromatic carbocycles. The minimum Gasteiger partial charge on any atom is -0.329 e. The maximum atomic E-state index is 13.0. The molecule has 0 bridgehead atoms. The lowest BCUT2D eigenvalue weighted by atomic mass is 10.1. The van der Waals surface area contributed by atoms with Crippen LogP contribution in [0, 0.1) is 6.92 Å². The van der Waals surface area contributed by atoms with Gasteiger partial charge in [0.1, 0.15) is 11.4 Å². The zero-order valence-corrected chi connectivity index (χ0v) is 14.8. The molecule has 3 aromatic rings. The number of carbonyl (C=O) groups excluding carboxylic acids is 1. The van der Waals surface area contributed by atoms with Gasteiger partial charge in [-0.3, -0.25) is 9.59 Å². The molecule has 3 heterocycles. The molecule has 6 heteroatoms. The van der Waals surface area contributed by atoms with E-state index >= 15 is 0 Å². The second-order valence-electron chi connectivity index (χ2n) is 6.71. The summed E-state index contributed by atoms with van der Waals surface area (Å²) in [6, 6.07) is 13.3. The van der Waals surface area contributed by atoms with Gasteiger partial charge in [0, 0.05) is 25.3 Å². The molecule has 2 aromatic heterocycles. The Kier molecular flexibility index (Phi) is 3.95. The van der Waals surface area contributed by atoms with Gasteiger partial charge in [-0.05, 0) is 31.5 Å². The van der Waals surface area contributed by atoms with E-state index in [1.807, 2.05) is 49.1 Å². The Labute approximate surface area is 151 Å². The Morgan fingerprint density at radius 3 is 2.58 bits per heavy atom. The van der Waals surface area contributed by atoms with Crippen LogP contribution in [-0.2, 0) is 13.1 Å². The van der Waals surface area contributed by atoms with E-state index in [-0.39, 0.29) is 17.5 Å². The molecule has 0 saturated heterocycles. The summed E-state index contributed by atoms with van der Waals surface area (Å²) in [5.74, 6) is -0.113. The lowest BCUT2D eigenvalue weighted by molar-refractivity contribution is 0.0590. The van der Waals surface area contributed by atoms with Crippen LogP contribution in [0.2, 0.25) is 0 Å². The molecule has 1 atom stereocenters. The Balaban J connectivity index is 1.71. The number of amides is 1. The second kappa shape index (κ2) is 6.29. The van der Waals surface area contributed by atoms with E-state index in [2.05, 4.69) is 4.98 Å². The van der Waals surface area contributed by atoms with Gasteiger partial charge in [0.15, 0.2) is 0 Å². The normalized spacial score (nSPS) is 16.6. The van der Waals surface area contributed by atoms with Crippen LogP contribution >= 0.6 is 0 Å². The predicted molar refractivity (Wildman–Crippen MR) is 98.3 cm³/mol. The molecule has 1 aliphatic rings. The highest BCUT2D eigenvalue weighted by atomic mass is 16.2. The SMILES string of the molecule is Cc1cn(-c2ccc3n(c2=O)C[C@@H](C)N(Cc2ccccc2)C3=O)cn1. The molecule has 26 heavy (non-hydrogen) atoms. The summed E-state index contributed by atoms with van der Waals surface area (Å²) in [6.45, 7) is 4.87. The molecule has 0 spiro atoms. The van der Waals surface area contributed by atoms with Gasteiger partial charge in [-0.1, -0.05) is 30.3 Å². The summed E-state index contributed by atoms with van der Waals surface area (Å²) in [5.41, 5.74) is 2.69. The van der Waals surface area contributed by atoms with Gasteiger partial charge in [0.05, 0.1) is 12.0 Å². The zero-order chi connectivity index (χ0) is 18.3. The summed E-state index contributed by atoms with van der Waals surface area (Å²) < 4.78 is 3.29. The minimum atomic E-state index is -0.167. The average molecular weight is 348 g/mol. The highest BCUT2D eigenvalue weighted by Gasteiger charge is 2.31. The number of fused-ring (bicyclic) bond motifs is 1. The summed E-state index contributed by atoms with van der Waals surface area (Å²) in [6.07, 6.45) is 3.42. The molecular weight excluding hydrogens is 328 g/mol. The Bertz CT molecular complexity index is 1020. The lowest BCUT2D eigenvalue weighted by Crippen LogP contribution is -2.49. The summed E-state index contributed by atoms with van der Waals surface area (Å²) in [7, 11) is 0. The molecule has 0 fully saturated rings. The van der Waals surface area contributed by atoms with Crippen molar-refractivity contribution in [1.29, 1.82) is 0 Å². The fourth-order valence-electron chi connectivity index (χ4n) is 3.40. The van der Waals surface area contributed by atoms with Gasteiger partial charge >= 0.3 is 0 Å². The first kappa shape index (κ1) is 16.3. The number of carbonyl (C=O) groups is 1. The van der Waals surface area contributed by atoms with Crippen molar-refractivity contribution in [2.45, 2.75) is 33.0 Å². The standard InChI is InChI=1S/C20H20N4O2/c1-14-10-22(13-21-14)17-8-9-18-20(26)23(12-16-6-4-3-5-7-16)15(2)11-24(18)19(17)25/h3-10,13,15H,11-12H2,1-2H3/t15-/m1/s1. The number of hydrogen-bond acceptors (Lipinski definition) is 3. The smallest absolute Gasteiger partial charge is 0.275 e. The Morgan fingerprint density at radius 1 is 1.12 bits per heavy atom. The zero-order valence-electron chi connectivity index (χ0n) is 14.8. The van der Waals surface area contributed by atoms with Gasteiger partial charge in [-0.25, -0.2) is 4.98 Å². The molecule has 1 aliphatic heterocycles. The molecule has 132 valence electrons. The highest BCUT2D eigenvalue weighted by Crippen LogP contribution is 2.20. The molecule has 0 unspecified atom stereocenters. The van der Waals surface area contributed by atoms with Gasteiger partial charge in [0.2, 0.25) is 0 Å². The number of rotatable bonds is 3. The monoisotopic (exact) mass is 348 g/mol. The molecule has 6 nitrogen and oxygen atoms in total. The number of nitrogens with zero attached hydrogens (tertiary/aromatic N) is 4. The van der Waals surface area contributed by atoms with Crippen molar-refractivity contribution in [3.8, 4) is 5.69 Å². The van der Waals surface area contributed by atoms with Crippen LogP contribution in [0.25, 0.3) is 5.69 Å².